The molecule has 4 heteroatoms. The monoisotopic (exact) mass is 129 g/mol. The summed E-state index contributed by atoms with van der Waals surface area (Å²) in [6.07, 6.45) is 0.791. The fourth-order valence-electron chi connectivity index (χ4n) is 0.243. The van der Waals surface area contributed by atoms with Crippen molar-refractivity contribution in [3.05, 3.63) is 0 Å². The normalized spacial score (nSPS) is 7.25. The van der Waals surface area contributed by atoms with Gasteiger partial charge in [-0.25, -0.2) is 4.79 Å². The van der Waals surface area contributed by atoms with Crippen molar-refractivity contribution in [1.82, 2.24) is 0 Å². The molecule has 0 aliphatic heterocycles. The van der Waals surface area contributed by atoms with Gasteiger partial charge in [0.2, 0.25) is 0 Å². The van der Waals surface area contributed by atoms with Gasteiger partial charge in [0.1, 0.15) is 0 Å². The predicted octanol–water partition coefficient (Wildman–Crippen LogP) is 0.833. The molecule has 0 aromatic heterocycles. The Morgan fingerprint density at radius 3 is 2.38 bits per heavy atom. The molecule has 0 heterocycles. The van der Waals surface area contributed by atoms with Gasteiger partial charge in [-0.2, -0.15) is 0 Å². The van der Waals surface area contributed by atoms with Crippen LogP contribution in [0.4, 0.5) is 4.53 Å². The van der Waals surface area contributed by atoms with Crippen molar-refractivity contribution in [2.75, 3.05) is 0 Å². The van der Waals surface area contributed by atoms with Gasteiger partial charge in [0.15, 0.2) is 0 Å². The van der Waals surface area contributed by atoms with Gasteiger partial charge in [-0.05, 0) is 6.42 Å². The first-order valence-electron chi connectivity index (χ1n) is 2.12. The maximum Gasteiger partial charge on any atom is 0.348 e. The smallest absolute Gasteiger partial charge is 0.255 e. The van der Waals surface area contributed by atoms with E-state index in [4.69, 9.17) is 0 Å². The fourth-order valence-corrected chi connectivity index (χ4v) is 0.243. The zero-order valence-electron chi connectivity index (χ0n) is 5.11. The van der Waals surface area contributed by atoms with Crippen LogP contribution < -0.4 is 0 Å². The van der Waals surface area contributed by atoms with Crippen LogP contribution in [0.1, 0.15) is 19.8 Å². The van der Waals surface area contributed by atoms with Crippen LogP contribution in [-0.4, -0.2) is 35.5 Å². The van der Waals surface area contributed by atoms with Gasteiger partial charge in [0.25, 0.3) is 0 Å². The van der Waals surface area contributed by atoms with Gasteiger partial charge in [-0.15, -0.1) is 0 Å². The second-order valence-electron chi connectivity index (χ2n) is 1.20. The first-order valence-corrected chi connectivity index (χ1v) is 2.12. The first-order chi connectivity index (χ1) is 3.31. The Balaban J connectivity index is 0. The van der Waals surface area contributed by atoms with Gasteiger partial charge in [0, 0.05) is 40.5 Å². The minimum Gasteiger partial charge on any atom is -0.255 e. The second-order valence-corrected chi connectivity index (χ2v) is 1.20. The molecule has 0 aromatic carbocycles. The molecule has 0 bridgehead atoms. The molecular formula is C4H7FNaO2. The van der Waals surface area contributed by atoms with E-state index in [9.17, 15) is 9.32 Å². The van der Waals surface area contributed by atoms with E-state index >= 15 is 0 Å². The molecule has 0 fully saturated rings. The Kier molecular flexibility index (Phi) is 10.4. The van der Waals surface area contributed by atoms with Crippen molar-refractivity contribution in [2.24, 2.45) is 0 Å². The minimum atomic E-state index is -0.789. The molecule has 2 nitrogen and oxygen atoms in total. The standard InChI is InChI=1S/C4H7FO2.Na/c1-2-3-4(6)7-5;/h2-3H2,1H3;. The van der Waals surface area contributed by atoms with Crippen molar-refractivity contribution < 1.29 is 14.3 Å². The number of halogens is 1. The summed E-state index contributed by atoms with van der Waals surface area (Å²) >= 11 is 0. The van der Waals surface area contributed by atoms with E-state index in [0.29, 0.717) is 6.42 Å². The maximum absolute atomic E-state index is 10.7. The molecule has 0 aliphatic carbocycles. The summed E-state index contributed by atoms with van der Waals surface area (Å²) in [5.74, 6) is -0.789. The largest absolute Gasteiger partial charge is 0.348 e. The van der Waals surface area contributed by atoms with Crippen LogP contribution in [0.25, 0.3) is 0 Å². The fraction of sp³-hybridized carbons (Fsp3) is 0.750. The third-order valence-electron chi connectivity index (χ3n) is 0.540. The maximum atomic E-state index is 10.7. The van der Waals surface area contributed by atoms with Gasteiger partial charge in [-0.1, -0.05) is 6.92 Å². The first kappa shape index (κ1) is 11.2. The molecule has 0 amide bonds. The molecule has 0 saturated heterocycles. The molecule has 0 N–H and O–H groups in total. The van der Waals surface area contributed by atoms with Crippen LogP contribution >= 0.6 is 0 Å². The van der Waals surface area contributed by atoms with E-state index in [0.717, 1.165) is 0 Å². The van der Waals surface area contributed by atoms with Crippen LogP contribution in [0.3, 0.4) is 0 Å². The molecule has 1 radical (unpaired) electrons. The van der Waals surface area contributed by atoms with Crippen LogP contribution in [0.15, 0.2) is 0 Å². The number of hydrogen-bond acceptors (Lipinski definition) is 2. The Bertz CT molecular complexity index is 67.1. The molecule has 0 unspecified atom stereocenters. The van der Waals surface area contributed by atoms with Gasteiger partial charge >= 0.3 is 5.97 Å². The molecule has 43 valence electrons. The zero-order valence-corrected chi connectivity index (χ0v) is 7.11. The van der Waals surface area contributed by atoms with Crippen molar-refractivity contribution in [2.45, 2.75) is 19.8 Å². The SMILES string of the molecule is CCCC(=O)OF.[Na]. The van der Waals surface area contributed by atoms with Crippen LogP contribution in [0.2, 0.25) is 0 Å². The summed E-state index contributed by atoms with van der Waals surface area (Å²) in [6, 6.07) is 0. The molecule has 0 saturated carbocycles. The van der Waals surface area contributed by atoms with Crippen molar-refractivity contribution in [1.29, 1.82) is 0 Å². The Morgan fingerprint density at radius 1 is 1.75 bits per heavy atom. The number of hydrogen-bond donors (Lipinski definition) is 0. The number of carbonyl (C=O) groups is 1. The molecule has 0 atom stereocenters. The van der Waals surface area contributed by atoms with Gasteiger partial charge in [-0.3, -0.25) is 4.94 Å². The summed E-state index contributed by atoms with van der Waals surface area (Å²) in [6.45, 7) is 1.77. The average molecular weight is 129 g/mol. The van der Waals surface area contributed by atoms with Crippen molar-refractivity contribution in [3.8, 4) is 0 Å². The molecular weight excluding hydrogens is 122 g/mol. The summed E-state index contributed by atoms with van der Waals surface area (Å²) < 4.78 is 10.7. The summed E-state index contributed by atoms with van der Waals surface area (Å²) in [5, 5.41) is 0. The Hall–Kier alpha value is 0.400. The summed E-state index contributed by atoms with van der Waals surface area (Å²) in [7, 11) is 0. The van der Waals surface area contributed by atoms with E-state index in [1.54, 1.807) is 6.92 Å². The molecule has 0 spiro atoms. The molecule has 0 aromatic rings. The molecule has 8 heavy (non-hydrogen) atoms. The van der Waals surface area contributed by atoms with Crippen LogP contribution in [0.5, 0.6) is 0 Å². The van der Waals surface area contributed by atoms with E-state index in [2.05, 4.69) is 4.94 Å². The number of rotatable bonds is 2. The molecule has 0 rings (SSSR count). The van der Waals surface area contributed by atoms with E-state index in [1.807, 2.05) is 0 Å². The van der Waals surface area contributed by atoms with Crippen molar-refractivity contribution in [3.63, 3.8) is 0 Å². The summed E-state index contributed by atoms with van der Waals surface area (Å²) in [4.78, 5) is 12.7. The zero-order chi connectivity index (χ0) is 5.70. The van der Waals surface area contributed by atoms with Crippen molar-refractivity contribution >= 4 is 35.5 Å². The van der Waals surface area contributed by atoms with E-state index in [-0.39, 0.29) is 36.0 Å². The average Bonchev–Trinajstić information content (AvgIpc) is 1.68. The minimum absolute atomic E-state index is 0. The third kappa shape index (κ3) is 6.40. The molecule has 0 aliphatic rings. The van der Waals surface area contributed by atoms with E-state index < -0.39 is 5.97 Å². The Morgan fingerprint density at radius 2 is 2.25 bits per heavy atom. The van der Waals surface area contributed by atoms with E-state index in [1.165, 1.54) is 0 Å². The van der Waals surface area contributed by atoms with Crippen LogP contribution in [-0.2, 0) is 9.74 Å². The Labute approximate surface area is 69.6 Å². The van der Waals surface area contributed by atoms with Crippen LogP contribution in [0, 0.1) is 0 Å². The predicted molar refractivity (Wildman–Crippen MR) is 27.9 cm³/mol. The summed E-state index contributed by atoms with van der Waals surface area (Å²) in [5.41, 5.74) is 0. The third-order valence-corrected chi connectivity index (χ3v) is 0.540. The second kappa shape index (κ2) is 7.40. The van der Waals surface area contributed by atoms with Gasteiger partial charge < -0.3 is 0 Å². The number of carbonyl (C=O) groups excluding carboxylic acids is 1. The topological polar surface area (TPSA) is 26.3 Å². The quantitative estimate of drug-likeness (QED) is 0.516. The van der Waals surface area contributed by atoms with Gasteiger partial charge in [0.05, 0.1) is 0 Å².